The van der Waals surface area contributed by atoms with Crippen LogP contribution in [-0.4, -0.2) is 33.1 Å². The van der Waals surface area contributed by atoms with E-state index in [-0.39, 0.29) is 78.1 Å². The lowest BCUT2D eigenvalue weighted by molar-refractivity contribution is -0.340. The number of nitrogens with one attached hydrogen (secondary N) is 1. The highest BCUT2D eigenvalue weighted by atomic mass is 35.5. The van der Waals surface area contributed by atoms with Crippen LogP contribution in [0.15, 0.2) is 183 Å². The number of H-pyrrole nitrogens is 1. The summed E-state index contributed by atoms with van der Waals surface area (Å²) >= 11 is 14.4. The van der Waals surface area contributed by atoms with Gasteiger partial charge >= 0.3 is 25.7 Å². The minimum Gasteiger partial charge on any atom is -0.456 e. The van der Waals surface area contributed by atoms with E-state index >= 15 is 8.63 Å². The molecule has 0 fully saturated rings. The van der Waals surface area contributed by atoms with Crippen molar-refractivity contribution in [1.29, 1.82) is 0 Å². The molecule has 3 aliphatic rings. The second kappa shape index (κ2) is 21.7. The molecular weight excluding hydrogens is 1180 g/mol. The third-order valence-corrected chi connectivity index (χ3v) is 17.6. The van der Waals surface area contributed by atoms with Crippen molar-refractivity contribution < 1.29 is 53.4 Å². The Balaban J connectivity index is 0.724. The summed E-state index contributed by atoms with van der Waals surface area (Å²) in [5.41, 5.74) is 5.60. The molecule has 0 saturated carbocycles. The topological polar surface area (TPSA) is 97.3 Å². The fourth-order valence-electron chi connectivity index (χ4n) is 13.1. The minimum absolute atomic E-state index is 0.0336. The number of esters is 1. The highest BCUT2D eigenvalue weighted by Gasteiger charge is 2.40. The van der Waals surface area contributed by atoms with Crippen molar-refractivity contribution in [3.05, 3.63) is 250 Å². The van der Waals surface area contributed by atoms with Gasteiger partial charge in [-0.1, -0.05) is 89.9 Å². The number of carbonyl (C=O) groups excluding carboxylic acids is 1. The Labute approximate surface area is 505 Å². The molecule has 14 rings (SSSR count). The molecule has 0 atom stereocenters. The highest BCUT2D eigenvalue weighted by molar-refractivity contribution is 6.39. The van der Waals surface area contributed by atoms with Crippen molar-refractivity contribution in [2.75, 3.05) is 0 Å². The molecule has 4 heterocycles. The van der Waals surface area contributed by atoms with Gasteiger partial charge in [0.15, 0.2) is 11.4 Å². The first-order valence-electron chi connectivity index (χ1n) is 28.5. The largest absolute Gasteiger partial charge is 0.609 e. The monoisotopic (exact) mass is 1230 g/mol. The molecule has 2 aliphatic carbocycles. The Morgan fingerprint density at radius 2 is 1.25 bits per heavy atom. The number of halogens is 10. The van der Waals surface area contributed by atoms with E-state index in [4.69, 9.17) is 32.4 Å². The van der Waals surface area contributed by atoms with Crippen LogP contribution in [0, 0.1) is 0 Å². The molecule has 0 unspecified atom stereocenters. The van der Waals surface area contributed by atoms with E-state index in [1.807, 2.05) is 48.5 Å². The van der Waals surface area contributed by atoms with Gasteiger partial charge in [0, 0.05) is 79.5 Å². The molecule has 0 spiro atoms. The van der Waals surface area contributed by atoms with E-state index in [0.29, 0.717) is 70.1 Å². The lowest BCUT2D eigenvalue weighted by Crippen LogP contribution is -2.31. The highest BCUT2D eigenvalue weighted by Crippen LogP contribution is 2.47. The molecule has 11 aromatic rings. The minimum atomic E-state index is -5.06. The van der Waals surface area contributed by atoms with Crippen LogP contribution in [0.3, 0.4) is 0 Å². The molecule has 3 aromatic heterocycles. The Hall–Kier alpha value is -9.06. The summed E-state index contributed by atoms with van der Waals surface area (Å²) in [4.78, 5) is 45.8. The van der Waals surface area contributed by atoms with Crippen molar-refractivity contribution in [2.24, 2.45) is 0 Å². The Morgan fingerprint density at radius 3 is 1.93 bits per heavy atom. The SMILES string of the molecule is O=C(CCCc1ccc(-n2c(=O)c3ccc4oc5ccc(-c6cc(C(F)(F)F)cc(C(F)(F)F)c6)cc5c5ccc(c2=O)c3c45)cc1)Oc1cc(Cl)c(/C(=C2\C=C3CCCc4ccccc4C3=[N+]2[B-](F)F)c2cc3c([nH]2)-c2ccccc2CCC3)c(Cl)c1. The van der Waals surface area contributed by atoms with E-state index in [1.165, 1.54) is 48.0 Å². The zero-order valence-corrected chi connectivity index (χ0v) is 47.7. The number of pyridine rings is 1. The zero-order valence-electron chi connectivity index (χ0n) is 46.2. The first kappa shape index (κ1) is 56.7. The van der Waals surface area contributed by atoms with Gasteiger partial charge < -0.3 is 27.3 Å². The predicted octanol–water partition coefficient (Wildman–Crippen LogP) is 17.7. The molecule has 0 saturated heterocycles. The molecule has 19 heteroatoms. The fourth-order valence-corrected chi connectivity index (χ4v) is 13.7. The van der Waals surface area contributed by atoms with Gasteiger partial charge in [-0.15, -0.1) is 0 Å². The summed E-state index contributed by atoms with van der Waals surface area (Å²) < 4.78 is 129. The average Bonchev–Trinajstić information content (AvgIpc) is 0.773. The number of aromatic nitrogens is 2. The number of benzene rings is 8. The van der Waals surface area contributed by atoms with Crippen molar-refractivity contribution in [3.8, 4) is 33.8 Å². The molecule has 0 bridgehead atoms. The lowest BCUT2D eigenvalue weighted by Gasteiger charge is -2.19. The summed E-state index contributed by atoms with van der Waals surface area (Å²) in [7, 11) is -2.94. The summed E-state index contributed by atoms with van der Waals surface area (Å²) in [5, 5.41) is 1.90. The first-order valence-corrected chi connectivity index (χ1v) is 29.2. The third kappa shape index (κ3) is 9.88. The zero-order chi connectivity index (χ0) is 61.1. The number of aryl methyl sites for hydroxylation is 4. The number of hydrogen-bond acceptors (Lipinski definition) is 5. The number of rotatable bonds is 10. The van der Waals surface area contributed by atoms with Crippen LogP contribution in [0.25, 0.3) is 77.1 Å². The molecule has 8 nitrogen and oxygen atoms in total. The third-order valence-electron chi connectivity index (χ3n) is 17.0. The Kier molecular flexibility index (Phi) is 14.0. The smallest absolute Gasteiger partial charge is 0.456 e. The number of fused-ring (bicyclic) bond motifs is 8. The van der Waals surface area contributed by atoms with Gasteiger partial charge in [-0.3, -0.25) is 14.4 Å². The maximum atomic E-state index is 15.9. The number of nitrogens with zero attached hydrogens (tertiary/aromatic N) is 2. The van der Waals surface area contributed by atoms with E-state index in [2.05, 4.69) is 17.1 Å². The van der Waals surface area contributed by atoms with Gasteiger partial charge in [-0.05, 0) is 163 Å². The average molecular weight is 1230 g/mol. The van der Waals surface area contributed by atoms with Crippen molar-refractivity contribution in [3.63, 3.8) is 0 Å². The van der Waals surface area contributed by atoms with Crippen LogP contribution in [0.2, 0.25) is 10.0 Å². The summed E-state index contributed by atoms with van der Waals surface area (Å²) in [6.07, 6.45) is -2.99. The number of carbonyl (C=O) groups is 1. The standard InChI is InChI=1S/C69H45BCl2F8N3O5/c71-53-34-46(35-54(72)62(53)63(55-31-40-13-6-11-37-9-1-3-15-47(37)64(40)81-55)56-32-41-14-7-12-38-10-2-4-16-48(38)65(41)83(56)70(79)80)87-59(84)17-5-8-36-18-21-45(22-19-36)82-66(85)50-24-23-49-52-30-39(42-28-43(68(73,74)75)33-44(29-42)69(76,77)78)20-26-57(52)88-58-27-25-51(67(82)86)60(50)61(49)58/h1-4,9-10,15-16,18-35,81H,5-8,11-14,17H2/b63-56+. The molecule has 88 heavy (non-hydrogen) atoms. The van der Waals surface area contributed by atoms with Crippen LogP contribution < -0.4 is 15.9 Å². The van der Waals surface area contributed by atoms with Gasteiger partial charge in [0.25, 0.3) is 11.1 Å². The van der Waals surface area contributed by atoms with Crippen LogP contribution in [0.4, 0.5) is 35.0 Å². The number of alkyl halides is 6. The van der Waals surface area contributed by atoms with Crippen LogP contribution in [0.5, 0.6) is 5.75 Å². The van der Waals surface area contributed by atoms with Gasteiger partial charge in [0.2, 0.25) is 0 Å². The van der Waals surface area contributed by atoms with Gasteiger partial charge in [-0.25, -0.2) is 4.57 Å². The van der Waals surface area contributed by atoms with Gasteiger partial charge in [0.1, 0.15) is 16.9 Å². The molecule has 1 aliphatic heterocycles. The van der Waals surface area contributed by atoms with E-state index in [0.717, 1.165) is 80.2 Å². The van der Waals surface area contributed by atoms with Gasteiger partial charge in [-0.2, -0.15) is 26.3 Å². The molecule has 1 radical (unpaired) electrons. The van der Waals surface area contributed by atoms with Crippen LogP contribution in [-0.2, 0) is 42.8 Å². The lowest BCUT2D eigenvalue weighted by atomic mass is 9.94. The molecule has 1 N–H and O–H groups in total. The second-order valence-corrected chi connectivity index (χ2v) is 23.2. The molecule has 0 amide bonds. The maximum absolute atomic E-state index is 15.9. The van der Waals surface area contributed by atoms with Crippen LogP contribution >= 0.6 is 23.2 Å². The van der Waals surface area contributed by atoms with E-state index < -0.39 is 48.0 Å². The van der Waals surface area contributed by atoms with Crippen molar-refractivity contribution in [2.45, 2.75) is 70.1 Å². The number of hydrogen-bond donors (Lipinski definition) is 1. The van der Waals surface area contributed by atoms with E-state index in [9.17, 15) is 40.7 Å². The maximum Gasteiger partial charge on any atom is 0.609 e. The second-order valence-electron chi connectivity index (χ2n) is 22.4. The van der Waals surface area contributed by atoms with Crippen molar-refractivity contribution >= 4 is 91.3 Å². The van der Waals surface area contributed by atoms with E-state index in [1.54, 1.807) is 36.4 Å². The number of ether oxygens (including phenoxy) is 1. The number of allylic oxidation sites excluding steroid dienone is 2. The molecule has 8 aromatic carbocycles. The normalized spacial score (nSPS) is 15.0. The molecular formula is C69H45BCl2F8N3O5. The van der Waals surface area contributed by atoms with Gasteiger partial charge in [0.05, 0.1) is 38.1 Å². The predicted molar refractivity (Wildman–Crippen MR) is 326 cm³/mol. The van der Waals surface area contributed by atoms with Crippen LogP contribution in [0.1, 0.15) is 82.3 Å². The fraction of sp³-hybridized carbons (Fsp3) is 0.159. The number of aromatic amines is 1. The molecule has 439 valence electrons. The van der Waals surface area contributed by atoms with Crippen molar-refractivity contribution in [1.82, 2.24) is 9.55 Å². The summed E-state index contributed by atoms with van der Waals surface area (Å²) in [6.45, 7) is 0. The Bertz CT molecular complexity index is 4890. The summed E-state index contributed by atoms with van der Waals surface area (Å²) in [6, 6.07) is 39.2. The summed E-state index contributed by atoms with van der Waals surface area (Å²) in [5.74, 6) is -0.531. The quantitative estimate of drug-likeness (QED) is 0.0367. The Morgan fingerprint density at radius 1 is 0.636 bits per heavy atom. The first-order chi connectivity index (χ1) is 42.3.